The van der Waals surface area contributed by atoms with Crippen molar-refractivity contribution in [3.05, 3.63) is 33.3 Å². The highest BCUT2D eigenvalue weighted by atomic mass is 79.9. The zero-order chi connectivity index (χ0) is 12.8. The van der Waals surface area contributed by atoms with E-state index in [9.17, 15) is 4.79 Å². The number of alkyl halides is 1. The average Bonchev–Trinajstić information content (AvgIpc) is 2.29. The molecule has 0 bridgehead atoms. The van der Waals surface area contributed by atoms with Crippen LogP contribution in [0.25, 0.3) is 0 Å². The normalized spacial score (nSPS) is 12.2. The van der Waals surface area contributed by atoms with E-state index in [0.29, 0.717) is 10.6 Å². The highest BCUT2D eigenvalue weighted by Crippen LogP contribution is 2.25. The monoisotopic (exact) mass is 381 g/mol. The lowest BCUT2D eigenvalue weighted by molar-refractivity contribution is 0.0938. The van der Waals surface area contributed by atoms with Gasteiger partial charge < -0.3 is 5.32 Å². The first-order chi connectivity index (χ1) is 8.06. The molecular weight excluding hydrogens is 369 g/mol. The second-order valence-corrected chi connectivity index (χ2v) is 5.83. The second-order valence-electron chi connectivity index (χ2n) is 3.81. The maximum absolute atomic E-state index is 12.0. The first-order valence-corrected chi connectivity index (χ1v) is 7.66. The van der Waals surface area contributed by atoms with Gasteiger partial charge in [-0.05, 0) is 47.8 Å². The summed E-state index contributed by atoms with van der Waals surface area (Å²) >= 11 is 12.7. The van der Waals surface area contributed by atoms with Crippen LogP contribution >= 0.6 is 43.5 Å². The van der Waals surface area contributed by atoms with Crippen molar-refractivity contribution in [2.45, 2.75) is 25.8 Å². The lowest BCUT2D eigenvalue weighted by Gasteiger charge is -2.14. The predicted octanol–water partition coefficient (Wildman–Crippen LogP) is 4.40. The molecule has 0 radical (unpaired) electrons. The maximum atomic E-state index is 12.0. The Kier molecular flexibility index (Phi) is 6.52. The Morgan fingerprint density at radius 3 is 2.88 bits per heavy atom. The molecule has 0 fully saturated rings. The Balaban J connectivity index is 2.67. The molecule has 1 aromatic rings. The summed E-state index contributed by atoms with van der Waals surface area (Å²) in [5.74, 6) is -0.127. The summed E-state index contributed by atoms with van der Waals surface area (Å²) in [6.45, 7) is 1.99. The van der Waals surface area contributed by atoms with Crippen LogP contribution in [0.3, 0.4) is 0 Å². The Bertz CT molecular complexity index is 398. The number of amides is 1. The van der Waals surface area contributed by atoms with Gasteiger partial charge in [-0.2, -0.15) is 0 Å². The molecule has 1 amide bonds. The molecule has 0 aromatic heterocycles. The fourth-order valence-corrected chi connectivity index (χ4v) is 2.34. The molecule has 2 nitrogen and oxygen atoms in total. The van der Waals surface area contributed by atoms with Crippen LogP contribution < -0.4 is 5.32 Å². The van der Waals surface area contributed by atoms with Crippen LogP contribution in [-0.2, 0) is 0 Å². The fourth-order valence-electron chi connectivity index (χ4n) is 1.44. The summed E-state index contributed by atoms with van der Waals surface area (Å²) < 4.78 is 0.736. The van der Waals surface area contributed by atoms with Crippen molar-refractivity contribution >= 4 is 49.4 Å². The van der Waals surface area contributed by atoms with Crippen LogP contribution in [0.15, 0.2) is 22.7 Å². The van der Waals surface area contributed by atoms with Gasteiger partial charge in [-0.3, -0.25) is 4.79 Å². The van der Waals surface area contributed by atoms with E-state index in [1.165, 1.54) is 0 Å². The van der Waals surface area contributed by atoms with Crippen molar-refractivity contribution in [1.82, 2.24) is 5.32 Å². The van der Waals surface area contributed by atoms with Crippen molar-refractivity contribution in [2.75, 3.05) is 5.33 Å². The minimum Gasteiger partial charge on any atom is -0.350 e. The molecule has 1 unspecified atom stereocenters. The maximum Gasteiger partial charge on any atom is 0.253 e. The van der Waals surface area contributed by atoms with E-state index in [2.05, 4.69) is 37.2 Å². The van der Waals surface area contributed by atoms with E-state index >= 15 is 0 Å². The van der Waals surface area contributed by atoms with Crippen LogP contribution in [0.2, 0.25) is 5.02 Å². The van der Waals surface area contributed by atoms with Crippen molar-refractivity contribution in [2.24, 2.45) is 0 Å². The van der Waals surface area contributed by atoms with Gasteiger partial charge in [0.2, 0.25) is 0 Å². The third kappa shape index (κ3) is 4.60. The van der Waals surface area contributed by atoms with Gasteiger partial charge in [-0.1, -0.05) is 33.6 Å². The summed E-state index contributed by atoms with van der Waals surface area (Å²) in [6.07, 6.45) is 1.98. The number of rotatable bonds is 5. The molecular formula is C12H14Br2ClNO. The Morgan fingerprint density at radius 1 is 1.53 bits per heavy atom. The Morgan fingerprint density at radius 2 is 2.24 bits per heavy atom. The average molecular weight is 384 g/mol. The minimum absolute atomic E-state index is 0.127. The van der Waals surface area contributed by atoms with E-state index in [1.54, 1.807) is 12.1 Å². The molecule has 1 rings (SSSR count). The number of halogens is 3. The van der Waals surface area contributed by atoms with Gasteiger partial charge in [-0.25, -0.2) is 0 Å². The van der Waals surface area contributed by atoms with Gasteiger partial charge in [0.05, 0.1) is 10.6 Å². The summed E-state index contributed by atoms with van der Waals surface area (Å²) in [5, 5.41) is 4.34. The number of hydrogen-bond donors (Lipinski definition) is 1. The summed E-state index contributed by atoms with van der Waals surface area (Å²) in [7, 11) is 0. The molecule has 5 heteroatoms. The van der Waals surface area contributed by atoms with E-state index in [-0.39, 0.29) is 11.9 Å². The number of nitrogens with one attached hydrogen (secondary N) is 1. The van der Waals surface area contributed by atoms with E-state index in [0.717, 1.165) is 22.6 Å². The Labute approximate surface area is 123 Å². The van der Waals surface area contributed by atoms with Gasteiger partial charge in [0.25, 0.3) is 5.91 Å². The highest BCUT2D eigenvalue weighted by Gasteiger charge is 2.14. The summed E-state index contributed by atoms with van der Waals surface area (Å²) in [4.78, 5) is 12.0. The molecule has 0 aliphatic carbocycles. The van der Waals surface area contributed by atoms with Crippen molar-refractivity contribution in [3.63, 3.8) is 0 Å². The number of carbonyl (C=O) groups is 1. The quantitative estimate of drug-likeness (QED) is 0.751. The number of carbonyl (C=O) groups excluding carboxylic acids is 1. The zero-order valence-electron chi connectivity index (χ0n) is 9.47. The number of benzene rings is 1. The third-order valence-electron chi connectivity index (χ3n) is 2.34. The van der Waals surface area contributed by atoms with E-state index < -0.39 is 0 Å². The van der Waals surface area contributed by atoms with E-state index in [1.807, 2.05) is 13.0 Å². The zero-order valence-corrected chi connectivity index (χ0v) is 13.4. The molecule has 1 N–H and O–H groups in total. The lowest BCUT2D eigenvalue weighted by atomic mass is 10.1. The van der Waals surface area contributed by atoms with Crippen LogP contribution in [0, 0.1) is 0 Å². The first kappa shape index (κ1) is 15.0. The smallest absolute Gasteiger partial charge is 0.253 e. The molecule has 0 saturated heterocycles. The first-order valence-electron chi connectivity index (χ1n) is 5.37. The molecule has 1 aromatic carbocycles. The molecule has 0 heterocycles. The Hall–Kier alpha value is -0.0600. The third-order valence-corrected chi connectivity index (χ3v) is 4.20. The molecule has 0 saturated carbocycles. The molecule has 94 valence electrons. The number of hydrogen-bond acceptors (Lipinski definition) is 1. The highest BCUT2D eigenvalue weighted by molar-refractivity contribution is 9.10. The van der Waals surface area contributed by atoms with Crippen LogP contribution in [-0.4, -0.2) is 17.3 Å². The molecule has 0 aliphatic rings. The topological polar surface area (TPSA) is 29.1 Å². The van der Waals surface area contributed by atoms with Crippen LogP contribution in [0.5, 0.6) is 0 Å². The SMILES string of the molecule is CC(CCCBr)NC(=O)c1cccc(Br)c1Cl. The standard InChI is InChI=1S/C12H14Br2ClNO/c1-8(4-3-7-13)16-12(17)9-5-2-6-10(14)11(9)15/h2,5-6,8H,3-4,7H2,1H3,(H,16,17). The van der Waals surface area contributed by atoms with Gasteiger partial charge in [0.1, 0.15) is 0 Å². The molecule has 1 atom stereocenters. The van der Waals surface area contributed by atoms with E-state index in [4.69, 9.17) is 11.6 Å². The fraction of sp³-hybridized carbons (Fsp3) is 0.417. The summed E-state index contributed by atoms with van der Waals surface area (Å²) in [6, 6.07) is 5.48. The van der Waals surface area contributed by atoms with Crippen LogP contribution in [0.4, 0.5) is 0 Å². The van der Waals surface area contributed by atoms with Crippen LogP contribution in [0.1, 0.15) is 30.1 Å². The van der Waals surface area contributed by atoms with Crippen molar-refractivity contribution in [3.8, 4) is 0 Å². The minimum atomic E-state index is -0.127. The van der Waals surface area contributed by atoms with Gasteiger partial charge >= 0.3 is 0 Å². The second kappa shape index (κ2) is 7.39. The van der Waals surface area contributed by atoms with Gasteiger partial charge in [0.15, 0.2) is 0 Å². The summed E-state index contributed by atoms with van der Waals surface area (Å²) in [5.41, 5.74) is 0.506. The molecule has 0 aliphatic heterocycles. The van der Waals surface area contributed by atoms with Gasteiger partial charge in [-0.15, -0.1) is 0 Å². The molecule has 0 spiro atoms. The van der Waals surface area contributed by atoms with Crippen molar-refractivity contribution in [1.29, 1.82) is 0 Å². The van der Waals surface area contributed by atoms with Gasteiger partial charge in [0, 0.05) is 15.8 Å². The predicted molar refractivity (Wildman–Crippen MR) is 79.1 cm³/mol. The lowest BCUT2D eigenvalue weighted by Crippen LogP contribution is -2.32. The largest absolute Gasteiger partial charge is 0.350 e. The molecule has 17 heavy (non-hydrogen) atoms. The van der Waals surface area contributed by atoms with Crippen molar-refractivity contribution < 1.29 is 4.79 Å².